The molecule has 1 fully saturated rings. The Labute approximate surface area is 141 Å². The minimum absolute atomic E-state index is 0.0444. The Bertz CT molecular complexity index is 705. The molecule has 6 nitrogen and oxygen atoms in total. The number of benzene rings is 1. The molecular weight excluding hydrogens is 306 g/mol. The highest BCUT2D eigenvalue weighted by atomic mass is 16.5. The highest BCUT2D eigenvalue weighted by molar-refractivity contribution is 5.94. The van der Waals surface area contributed by atoms with Gasteiger partial charge in [-0.05, 0) is 37.8 Å². The van der Waals surface area contributed by atoms with E-state index in [0.29, 0.717) is 29.3 Å². The van der Waals surface area contributed by atoms with Gasteiger partial charge in [-0.1, -0.05) is 17.3 Å². The van der Waals surface area contributed by atoms with E-state index in [1.807, 2.05) is 19.1 Å². The molecule has 1 aliphatic rings. The summed E-state index contributed by atoms with van der Waals surface area (Å²) in [5, 5.41) is 4.06. The maximum atomic E-state index is 12.1. The Balaban J connectivity index is 1.65. The second-order valence-electron chi connectivity index (χ2n) is 6.41. The molecule has 0 radical (unpaired) electrons. The lowest BCUT2D eigenvalue weighted by atomic mass is 9.80. The molecule has 2 aromatic rings. The van der Waals surface area contributed by atoms with Crippen molar-refractivity contribution < 1.29 is 14.1 Å². The summed E-state index contributed by atoms with van der Waals surface area (Å²) in [5.41, 5.74) is 1.40. The zero-order chi connectivity index (χ0) is 17.1. The molecule has 0 unspecified atom stereocenters. The maximum absolute atomic E-state index is 12.1. The molecule has 3 rings (SSSR count). The van der Waals surface area contributed by atoms with Crippen molar-refractivity contribution in [1.82, 2.24) is 15.0 Å². The molecule has 1 aromatic carbocycles. The molecule has 6 heteroatoms. The molecular formula is C18H23N3O3. The topological polar surface area (TPSA) is 68.5 Å². The summed E-state index contributed by atoms with van der Waals surface area (Å²) < 4.78 is 10.9. The Hall–Kier alpha value is -2.21. The number of nitrogens with zero attached hydrogens (tertiary/aromatic N) is 3. The van der Waals surface area contributed by atoms with Gasteiger partial charge in [-0.25, -0.2) is 0 Å². The standard InChI is InChI=1S/C18H23N3O3/c1-4-23-15-8-12(9-15)10-16-19-17(20-24-16)13-6-5-7-14(11-13)18(22)21(2)3/h5-7,11-12,15H,4,8-10H2,1-3H3. The van der Waals surface area contributed by atoms with Gasteiger partial charge in [-0.3, -0.25) is 4.79 Å². The predicted octanol–water partition coefficient (Wildman–Crippen LogP) is 2.80. The number of ether oxygens (including phenoxy) is 1. The van der Waals surface area contributed by atoms with Crippen LogP contribution in [0, 0.1) is 5.92 Å². The molecule has 0 atom stereocenters. The van der Waals surface area contributed by atoms with E-state index in [4.69, 9.17) is 9.26 Å². The summed E-state index contributed by atoms with van der Waals surface area (Å²) >= 11 is 0. The van der Waals surface area contributed by atoms with Gasteiger partial charge < -0.3 is 14.2 Å². The van der Waals surface area contributed by atoms with Gasteiger partial charge in [0.05, 0.1) is 6.10 Å². The van der Waals surface area contributed by atoms with Crippen LogP contribution in [0.1, 0.15) is 36.0 Å². The lowest BCUT2D eigenvalue weighted by Crippen LogP contribution is -2.32. The van der Waals surface area contributed by atoms with Gasteiger partial charge in [0, 0.05) is 38.2 Å². The van der Waals surface area contributed by atoms with Gasteiger partial charge in [0.1, 0.15) is 0 Å². The smallest absolute Gasteiger partial charge is 0.253 e. The molecule has 1 aliphatic carbocycles. The van der Waals surface area contributed by atoms with E-state index in [0.717, 1.165) is 31.4 Å². The van der Waals surface area contributed by atoms with E-state index in [9.17, 15) is 4.79 Å². The van der Waals surface area contributed by atoms with Gasteiger partial charge >= 0.3 is 0 Å². The number of amides is 1. The van der Waals surface area contributed by atoms with Crippen LogP contribution in [-0.4, -0.2) is 47.8 Å². The summed E-state index contributed by atoms with van der Waals surface area (Å²) in [6.45, 7) is 2.79. The SMILES string of the molecule is CCOC1CC(Cc2nc(-c3cccc(C(=O)N(C)C)c3)no2)C1. The number of carbonyl (C=O) groups excluding carboxylic acids is 1. The van der Waals surface area contributed by atoms with Crippen molar-refractivity contribution in [2.75, 3.05) is 20.7 Å². The third kappa shape index (κ3) is 3.64. The van der Waals surface area contributed by atoms with Crippen LogP contribution >= 0.6 is 0 Å². The summed E-state index contributed by atoms with van der Waals surface area (Å²) in [6, 6.07) is 7.30. The van der Waals surface area contributed by atoms with Gasteiger partial charge in [0.25, 0.3) is 5.91 Å². The van der Waals surface area contributed by atoms with Gasteiger partial charge in [-0.2, -0.15) is 4.98 Å². The number of rotatable bonds is 6. The van der Waals surface area contributed by atoms with Crippen LogP contribution in [0.3, 0.4) is 0 Å². The van der Waals surface area contributed by atoms with Crippen LogP contribution in [-0.2, 0) is 11.2 Å². The molecule has 0 spiro atoms. The molecule has 0 bridgehead atoms. The van der Waals surface area contributed by atoms with Crippen LogP contribution < -0.4 is 0 Å². The lowest BCUT2D eigenvalue weighted by Gasteiger charge is -2.33. The molecule has 1 heterocycles. The van der Waals surface area contributed by atoms with Crippen LogP contribution in [0.25, 0.3) is 11.4 Å². The molecule has 1 aromatic heterocycles. The number of hydrogen-bond donors (Lipinski definition) is 0. The first-order chi connectivity index (χ1) is 11.6. The lowest BCUT2D eigenvalue weighted by molar-refractivity contribution is -0.0258. The van der Waals surface area contributed by atoms with Crippen LogP contribution in [0.15, 0.2) is 28.8 Å². The van der Waals surface area contributed by atoms with Crippen LogP contribution in [0.5, 0.6) is 0 Å². The monoisotopic (exact) mass is 329 g/mol. The fraction of sp³-hybridized carbons (Fsp3) is 0.500. The van der Waals surface area contributed by atoms with Gasteiger partial charge in [-0.15, -0.1) is 0 Å². The van der Waals surface area contributed by atoms with Crippen molar-refractivity contribution in [3.8, 4) is 11.4 Å². The van der Waals surface area contributed by atoms with Crippen molar-refractivity contribution in [1.29, 1.82) is 0 Å². The van der Waals surface area contributed by atoms with Crippen molar-refractivity contribution in [3.63, 3.8) is 0 Å². The average molecular weight is 329 g/mol. The molecule has 1 saturated carbocycles. The summed E-state index contributed by atoms with van der Waals surface area (Å²) in [6.07, 6.45) is 3.28. The number of aromatic nitrogens is 2. The summed E-state index contributed by atoms with van der Waals surface area (Å²) in [5.74, 6) is 1.68. The Morgan fingerprint density at radius 1 is 1.38 bits per heavy atom. The van der Waals surface area contributed by atoms with E-state index >= 15 is 0 Å². The van der Waals surface area contributed by atoms with Crippen molar-refractivity contribution in [2.45, 2.75) is 32.3 Å². The number of hydrogen-bond acceptors (Lipinski definition) is 5. The first-order valence-corrected chi connectivity index (χ1v) is 8.33. The van der Waals surface area contributed by atoms with E-state index in [2.05, 4.69) is 10.1 Å². The van der Waals surface area contributed by atoms with Gasteiger partial charge in [0.15, 0.2) is 0 Å². The van der Waals surface area contributed by atoms with Crippen molar-refractivity contribution >= 4 is 5.91 Å². The molecule has 0 N–H and O–H groups in total. The minimum Gasteiger partial charge on any atom is -0.378 e. The first kappa shape index (κ1) is 16.6. The van der Waals surface area contributed by atoms with Crippen LogP contribution in [0.2, 0.25) is 0 Å². The predicted molar refractivity (Wildman–Crippen MR) is 89.6 cm³/mol. The average Bonchev–Trinajstić information content (AvgIpc) is 3.01. The van der Waals surface area contributed by atoms with Crippen molar-refractivity contribution in [2.24, 2.45) is 5.92 Å². The zero-order valence-electron chi connectivity index (χ0n) is 14.4. The summed E-state index contributed by atoms with van der Waals surface area (Å²) in [4.78, 5) is 18.1. The fourth-order valence-electron chi connectivity index (χ4n) is 2.96. The quantitative estimate of drug-likeness (QED) is 0.815. The second-order valence-corrected chi connectivity index (χ2v) is 6.41. The molecule has 1 amide bonds. The highest BCUT2D eigenvalue weighted by Crippen LogP contribution is 2.32. The van der Waals surface area contributed by atoms with E-state index in [-0.39, 0.29) is 5.91 Å². The Morgan fingerprint density at radius 3 is 2.88 bits per heavy atom. The molecule has 0 saturated heterocycles. The molecule has 0 aliphatic heterocycles. The normalized spacial score (nSPS) is 19.8. The first-order valence-electron chi connectivity index (χ1n) is 8.33. The summed E-state index contributed by atoms with van der Waals surface area (Å²) in [7, 11) is 3.46. The Kier molecular flexibility index (Phi) is 4.94. The third-order valence-corrected chi connectivity index (χ3v) is 4.30. The van der Waals surface area contributed by atoms with E-state index in [1.165, 1.54) is 0 Å². The maximum Gasteiger partial charge on any atom is 0.253 e. The second kappa shape index (κ2) is 7.13. The van der Waals surface area contributed by atoms with E-state index < -0.39 is 0 Å². The van der Waals surface area contributed by atoms with Crippen LogP contribution in [0.4, 0.5) is 0 Å². The van der Waals surface area contributed by atoms with E-state index in [1.54, 1.807) is 31.1 Å². The zero-order valence-corrected chi connectivity index (χ0v) is 14.4. The minimum atomic E-state index is -0.0444. The molecule has 128 valence electrons. The number of carbonyl (C=O) groups is 1. The third-order valence-electron chi connectivity index (χ3n) is 4.30. The van der Waals surface area contributed by atoms with Gasteiger partial charge in [0.2, 0.25) is 11.7 Å². The van der Waals surface area contributed by atoms with Crippen molar-refractivity contribution in [3.05, 3.63) is 35.7 Å². The highest BCUT2D eigenvalue weighted by Gasteiger charge is 2.31. The fourth-order valence-corrected chi connectivity index (χ4v) is 2.96. The molecule has 24 heavy (non-hydrogen) atoms. The largest absolute Gasteiger partial charge is 0.378 e. The Morgan fingerprint density at radius 2 is 2.17 bits per heavy atom.